The van der Waals surface area contributed by atoms with Crippen LogP contribution >= 0.6 is 22.6 Å². The molecule has 0 bridgehead atoms. The predicted molar refractivity (Wildman–Crippen MR) is 79.2 cm³/mol. The van der Waals surface area contributed by atoms with Gasteiger partial charge in [-0.25, -0.2) is 0 Å². The molecule has 0 aromatic heterocycles. The van der Waals surface area contributed by atoms with E-state index in [4.69, 9.17) is 4.74 Å². The molecule has 19 heavy (non-hydrogen) atoms. The SMILES string of the molecule is O=C(NC1CCOC1C1CC1)c1ccc(I)c(O)c1. The summed E-state index contributed by atoms with van der Waals surface area (Å²) in [6, 6.07) is 5.10. The summed E-state index contributed by atoms with van der Waals surface area (Å²) in [5.41, 5.74) is 0.499. The summed E-state index contributed by atoms with van der Waals surface area (Å²) in [5, 5.41) is 12.7. The zero-order chi connectivity index (χ0) is 13.4. The molecular formula is C14H16INO3. The molecule has 4 nitrogen and oxygen atoms in total. The summed E-state index contributed by atoms with van der Waals surface area (Å²) < 4.78 is 6.45. The number of hydrogen-bond acceptors (Lipinski definition) is 3. The van der Waals surface area contributed by atoms with E-state index in [2.05, 4.69) is 5.32 Å². The second kappa shape index (κ2) is 5.28. The number of rotatable bonds is 3. The number of carbonyl (C=O) groups is 1. The van der Waals surface area contributed by atoms with Crippen molar-refractivity contribution >= 4 is 28.5 Å². The van der Waals surface area contributed by atoms with E-state index in [0.29, 0.717) is 11.5 Å². The first kappa shape index (κ1) is 13.2. The molecule has 1 aliphatic carbocycles. The first-order chi connectivity index (χ1) is 9.15. The van der Waals surface area contributed by atoms with E-state index in [1.807, 2.05) is 22.6 Å². The third-order valence-corrected chi connectivity index (χ3v) is 4.66. The van der Waals surface area contributed by atoms with Crippen LogP contribution in [0.5, 0.6) is 5.75 Å². The van der Waals surface area contributed by atoms with Gasteiger partial charge in [-0.05, 0) is 66.0 Å². The fourth-order valence-electron chi connectivity index (χ4n) is 2.56. The van der Waals surface area contributed by atoms with Gasteiger partial charge in [-0.1, -0.05) is 0 Å². The standard InChI is InChI=1S/C14H16INO3/c15-10-4-3-9(7-12(10)17)14(18)16-11-5-6-19-13(11)8-1-2-8/h3-4,7-8,11,13,17H,1-2,5-6H2,(H,16,18). The minimum Gasteiger partial charge on any atom is -0.507 e. The molecule has 102 valence electrons. The Morgan fingerprint density at radius 2 is 2.16 bits per heavy atom. The monoisotopic (exact) mass is 373 g/mol. The minimum absolute atomic E-state index is 0.112. The van der Waals surface area contributed by atoms with Crippen molar-refractivity contribution in [3.8, 4) is 5.75 Å². The van der Waals surface area contributed by atoms with Gasteiger partial charge >= 0.3 is 0 Å². The number of ether oxygens (including phenoxy) is 1. The Hall–Kier alpha value is -0.820. The summed E-state index contributed by atoms with van der Waals surface area (Å²) >= 11 is 2.03. The van der Waals surface area contributed by atoms with Crippen LogP contribution in [0.15, 0.2) is 18.2 Å². The van der Waals surface area contributed by atoms with Gasteiger partial charge in [-0.15, -0.1) is 0 Å². The highest BCUT2D eigenvalue weighted by Gasteiger charge is 2.41. The lowest BCUT2D eigenvalue weighted by Crippen LogP contribution is -2.41. The Kier molecular flexibility index (Phi) is 3.66. The molecule has 2 N–H and O–H groups in total. The second-order valence-electron chi connectivity index (χ2n) is 5.21. The van der Waals surface area contributed by atoms with Gasteiger partial charge in [0.25, 0.3) is 5.91 Å². The Balaban J connectivity index is 1.68. The van der Waals surface area contributed by atoms with Gasteiger partial charge < -0.3 is 15.2 Å². The maximum Gasteiger partial charge on any atom is 0.251 e. The summed E-state index contributed by atoms with van der Waals surface area (Å²) in [6.45, 7) is 0.726. The van der Waals surface area contributed by atoms with Crippen molar-refractivity contribution in [2.45, 2.75) is 31.4 Å². The molecule has 1 aromatic rings. The molecule has 0 radical (unpaired) electrons. The third kappa shape index (κ3) is 2.86. The smallest absolute Gasteiger partial charge is 0.251 e. The van der Waals surface area contributed by atoms with E-state index in [-0.39, 0.29) is 23.8 Å². The second-order valence-corrected chi connectivity index (χ2v) is 6.37. The molecule has 1 heterocycles. The molecule has 1 amide bonds. The highest BCUT2D eigenvalue weighted by atomic mass is 127. The number of halogens is 1. The van der Waals surface area contributed by atoms with E-state index in [1.165, 1.54) is 18.9 Å². The van der Waals surface area contributed by atoms with E-state index >= 15 is 0 Å². The first-order valence-corrected chi connectivity index (χ1v) is 7.64. The number of phenols is 1. The molecule has 2 fully saturated rings. The molecule has 1 aromatic carbocycles. The lowest BCUT2D eigenvalue weighted by molar-refractivity contribution is 0.0729. The largest absolute Gasteiger partial charge is 0.507 e. The maximum atomic E-state index is 12.2. The fourth-order valence-corrected chi connectivity index (χ4v) is 2.90. The van der Waals surface area contributed by atoms with Crippen molar-refractivity contribution in [1.82, 2.24) is 5.32 Å². The van der Waals surface area contributed by atoms with Gasteiger partial charge in [-0.3, -0.25) is 4.79 Å². The van der Waals surface area contributed by atoms with Gasteiger partial charge in [-0.2, -0.15) is 0 Å². The number of phenolic OH excluding ortho intramolecular Hbond substituents is 1. The highest BCUT2D eigenvalue weighted by molar-refractivity contribution is 14.1. The molecule has 2 unspecified atom stereocenters. The third-order valence-electron chi connectivity index (χ3n) is 3.75. The fraction of sp³-hybridized carbons (Fsp3) is 0.500. The molecular weight excluding hydrogens is 357 g/mol. The first-order valence-electron chi connectivity index (χ1n) is 6.56. The van der Waals surface area contributed by atoms with E-state index in [9.17, 15) is 9.90 Å². The van der Waals surface area contributed by atoms with E-state index in [1.54, 1.807) is 12.1 Å². The van der Waals surface area contributed by atoms with Crippen LogP contribution in [-0.2, 0) is 4.74 Å². The number of nitrogens with one attached hydrogen (secondary N) is 1. The number of aromatic hydroxyl groups is 1. The average molecular weight is 373 g/mol. The molecule has 0 spiro atoms. The molecule has 1 aliphatic heterocycles. The minimum atomic E-state index is -0.132. The van der Waals surface area contributed by atoms with Crippen LogP contribution < -0.4 is 5.32 Å². The van der Waals surface area contributed by atoms with Crippen LogP contribution in [0.2, 0.25) is 0 Å². The lowest BCUT2D eigenvalue weighted by Gasteiger charge is -2.19. The van der Waals surface area contributed by atoms with Crippen molar-refractivity contribution in [2.75, 3.05) is 6.61 Å². The predicted octanol–water partition coefficient (Wildman–Crippen LogP) is 2.29. The molecule has 5 heteroatoms. The Bertz CT molecular complexity index is 501. The molecule has 2 atom stereocenters. The van der Waals surface area contributed by atoms with Crippen molar-refractivity contribution in [1.29, 1.82) is 0 Å². The molecule has 3 rings (SSSR count). The van der Waals surface area contributed by atoms with Gasteiger partial charge in [0.15, 0.2) is 0 Å². The molecule has 1 saturated carbocycles. The van der Waals surface area contributed by atoms with Crippen LogP contribution in [0.1, 0.15) is 29.6 Å². The topological polar surface area (TPSA) is 58.6 Å². The van der Waals surface area contributed by atoms with Gasteiger partial charge in [0, 0.05) is 12.2 Å². The van der Waals surface area contributed by atoms with E-state index < -0.39 is 0 Å². The highest BCUT2D eigenvalue weighted by Crippen LogP contribution is 2.38. The zero-order valence-corrected chi connectivity index (χ0v) is 12.6. The normalized spacial score (nSPS) is 26.4. The van der Waals surface area contributed by atoms with Crippen LogP contribution in [0, 0.1) is 9.49 Å². The van der Waals surface area contributed by atoms with Gasteiger partial charge in [0.1, 0.15) is 5.75 Å². The Morgan fingerprint density at radius 1 is 1.37 bits per heavy atom. The summed E-state index contributed by atoms with van der Waals surface area (Å²) in [7, 11) is 0. The Labute approximate surface area is 125 Å². The number of carbonyl (C=O) groups excluding carboxylic acids is 1. The van der Waals surface area contributed by atoms with Crippen LogP contribution in [0.3, 0.4) is 0 Å². The average Bonchev–Trinajstić information content (AvgIpc) is 3.13. The molecule has 1 saturated heterocycles. The number of amides is 1. The van der Waals surface area contributed by atoms with Crippen molar-refractivity contribution < 1.29 is 14.6 Å². The van der Waals surface area contributed by atoms with Crippen molar-refractivity contribution in [2.24, 2.45) is 5.92 Å². The summed E-state index contributed by atoms with van der Waals surface area (Å²) in [5.74, 6) is 0.639. The van der Waals surface area contributed by atoms with Crippen molar-refractivity contribution in [3.05, 3.63) is 27.3 Å². The van der Waals surface area contributed by atoms with Gasteiger partial charge in [0.2, 0.25) is 0 Å². The lowest BCUT2D eigenvalue weighted by atomic mass is 10.1. The summed E-state index contributed by atoms with van der Waals surface area (Å²) in [6.07, 6.45) is 3.48. The van der Waals surface area contributed by atoms with E-state index in [0.717, 1.165) is 16.6 Å². The van der Waals surface area contributed by atoms with Crippen LogP contribution in [-0.4, -0.2) is 29.8 Å². The number of benzene rings is 1. The maximum absolute atomic E-state index is 12.2. The van der Waals surface area contributed by atoms with Crippen molar-refractivity contribution in [3.63, 3.8) is 0 Å². The quantitative estimate of drug-likeness (QED) is 0.800. The molecule has 2 aliphatic rings. The van der Waals surface area contributed by atoms with Crippen LogP contribution in [0.4, 0.5) is 0 Å². The Morgan fingerprint density at radius 3 is 2.84 bits per heavy atom. The van der Waals surface area contributed by atoms with Gasteiger partial charge in [0.05, 0.1) is 15.7 Å². The summed E-state index contributed by atoms with van der Waals surface area (Å²) in [4.78, 5) is 12.2. The number of hydrogen-bond donors (Lipinski definition) is 2. The van der Waals surface area contributed by atoms with Crippen LogP contribution in [0.25, 0.3) is 0 Å². The zero-order valence-electron chi connectivity index (χ0n) is 10.4.